The van der Waals surface area contributed by atoms with E-state index in [1.165, 1.54) is 24.3 Å². The standard InChI is InChI=1S/C38H30F4O3S/c1-3-24(22-46-31-14-17-36(23(2)18-31)45-21-37(43)44)38(27-8-4-25(5-9-27)29-12-15-32(39)34(41)19-29)28-10-6-26(7-11-28)30-13-16-33(40)35(42)20-30/h4-20H,3,21-22H2,1-2H3,(H,43,44). The van der Waals surface area contributed by atoms with E-state index in [1.54, 1.807) is 17.8 Å². The summed E-state index contributed by atoms with van der Waals surface area (Å²) in [5.74, 6) is -3.51. The number of hydrogen-bond acceptors (Lipinski definition) is 3. The lowest BCUT2D eigenvalue weighted by Crippen LogP contribution is -2.10. The highest BCUT2D eigenvalue weighted by Crippen LogP contribution is 2.36. The Morgan fingerprint density at radius 2 is 1.17 bits per heavy atom. The molecule has 0 radical (unpaired) electrons. The molecular weight excluding hydrogens is 612 g/mol. The zero-order valence-corrected chi connectivity index (χ0v) is 25.9. The number of thioether (sulfide) groups is 1. The molecule has 8 heteroatoms. The second-order valence-electron chi connectivity index (χ2n) is 10.6. The van der Waals surface area contributed by atoms with Crippen LogP contribution in [-0.4, -0.2) is 23.4 Å². The van der Waals surface area contributed by atoms with Gasteiger partial charge >= 0.3 is 5.97 Å². The van der Waals surface area contributed by atoms with Gasteiger partial charge in [0, 0.05) is 10.6 Å². The van der Waals surface area contributed by atoms with Crippen molar-refractivity contribution in [1.82, 2.24) is 0 Å². The van der Waals surface area contributed by atoms with E-state index in [-0.39, 0.29) is 0 Å². The number of aliphatic carboxylic acids is 1. The average molecular weight is 643 g/mol. The van der Waals surface area contributed by atoms with E-state index in [0.717, 1.165) is 62.4 Å². The largest absolute Gasteiger partial charge is 0.482 e. The van der Waals surface area contributed by atoms with Crippen LogP contribution in [0, 0.1) is 30.2 Å². The predicted molar refractivity (Wildman–Crippen MR) is 175 cm³/mol. The fraction of sp³-hybridized carbons (Fsp3) is 0.132. The van der Waals surface area contributed by atoms with E-state index in [0.29, 0.717) is 22.6 Å². The molecule has 0 fully saturated rings. The minimum Gasteiger partial charge on any atom is -0.482 e. The lowest BCUT2D eigenvalue weighted by atomic mass is 9.90. The van der Waals surface area contributed by atoms with Gasteiger partial charge < -0.3 is 9.84 Å². The third kappa shape index (κ3) is 7.69. The smallest absolute Gasteiger partial charge is 0.341 e. The summed E-state index contributed by atoms with van der Waals surface area (Å²) in [6.07, 6.45) is 0.733. The summed E-state index contributed by atoms with van der Waals surface area (Å²) < 4.78 is 60.3. The molecule has 0 aliphatic carbocycles. The zero-order valence-electron chi connectivity index (χ0n) is 25.1. The van der Waals surface area contributed by atoms with Crippen molar-refractivity contribution in [2.75, 3.05) is 12.4 Å². The third-order valence-corrected chi connectivity index (χ3v) is 8.62. The number of hydrogen-bond donors (Lipinski definition) is 1. The highest BCUT2D eigenvalue weighted by atomic mass is 32.2. The maximum Gasteiger partial charge on any atom is 0.341 e. The SMILES string of the molecule is CCC(CSc1ccc(OCC(=O)O)c(C)c1)=C(c1ccc(-c2ccc(F)c(F)c2)cc1)c1ccc(-c2ccc(F)c(F)c2)cc1. The van der Waals surface area contributed by atoms with Gasteiger partial charge in [-0.1, -0.05) is 73.2 Å². The van der Waals surface area contributed by atoms with Crippen molar-refractivity contribution in [2.45, 2.75) is 25.2 Å². The Labute approximate surface area is 269 Å². The number of benzene rings is 5. The molecule has 0 saturated heterocycles. The molecule has 1 N–H and O–H groups in total. The molecule has 0 saturated carbocycles. The number of ether oxygens (including phenoxy) is 1. The molecule has 0 spiro atoms. The second kappa shape index (κ2) is 14.5. The van der Waals surface area contributed by atoms with Gasteiger partial charge in [0.2, 0.25) is 0 Å². The van der Waals surface area contributed by atoms with Crippen LogP contribution in [0.5, 0.6) is 5.75 Å². The maximum atomic E-state index is 13.9. The summed E-state index contributed by atoms with van der Waals surface area (Å²) in [5, 5.41) is 8.93. The highest BCUT2D eigenvalue weighted by molar-refractivity contribution is 7.99. The maximum absolute atomic E-state index is 13.9. The van der Waals surface area contributed by atoms with Gasteiger partial charge in [-0.15, -0.1) is 11.8 Å². The van der Waals surface area contributed by atoms with E-state index < -0.39 is 35.8 Å². The molecule has 0 aliphatic heterocycles. The van der Waals surface area contributed by atoms with Gasteiger partial charge in [0.15, 0.2) is 29.9 Å². The number of carboxylic acids is 1. The minimum absolute atomic E-state index is 0.414. The van der Waals surface area contributed by atoms with Crippen LogP contribution in [0.3, 0.4) is 0 Å². The van der Waals surface area contributed by atoms with E-state index in [1.807, 2.05) is 67.6 Å². The van der Waals surface area contributed by atoms with Crippen LogP contribution in [0.4, 0.5) is 17.6 Å². The third-order valence-electron chi connectivity index (χ3n) is 7.54. The van der Waals surface area contributed by atoms with Crippen LogP contribution in [0.15, 0.2) is 114 Å². The highest BCUT2D eigenvalue weighted by Gasteiger charge is 2.15. The Morgan fingerprint density at radius 3 is 1.61 bits per heavy atom. The molecule has 0 aliphatic rings. The van der Waals surface area contributed by atoms with Gasteiger partial charge in [-0.3, -0.25) is 0 Å². The molecule has 5 aromatic carbocycles. The number of rotatable bonds is 11. The van der Waals surface area contributed by atoms with Crippen LogP contribution in [0.2, 0.25) is 0 Å². The van der Waals surface area contributed by atoms with Crippen LogP contribution >= 0.6 is 11.8 Å². The summed E-state index contributed by atoms with van der Waals surface area (Å²) in [4.78, 5) is 11.9. The van der Waals surface area contributed by atoms with Crippen molar-refractivity contribution >= 4 is 23.3 Å². The topological polar surface area (TPSA) is 46.5 Å². The van der Waals surface area contributed by atoms with Gasteiger partial charge in [-0.05, 0) is 100 Å². The number of halogens is 4. The first-order valence-electron chi connectivity index (χ1n) is 14.5. The van der Waals surface area contributed by atoms with Crippen molar-refractivity contribution in [3.05, 3.63) is 149 Å². The molecule has 0 heterocycles. The van der Waals surface area contributed by atoms with Crippen molar-refractivity contribution in [2.24, 2.45) is 0 Å². The molecular formula is C38H30F4O3S. The van der Waals surface area contributed by atoms with Crippen LogP contribution < -0.4 is 4.74 Å². The summed E-state index contributed by atoms with van der Waals surface area (Å²) in [7, 11) is 0. The molecule has 46 heavy (non-hydrogen) atoms. The number of carbonyl (C=O) groups is 1. The Kier molecular flexibility index (Phi) is 10.3. The van der Waals surface area contributed by atoms with Crippen molar-refractivity contribution in [3.63, 3.8) is 0 Å². The molecule has 0 amide bonds. The van der Waals surface area contributed by atoms with E-state index in [4.69, 9.17) is 9.84 Å². The molecule has 0 aromatic heterocycles. The first kappa shape index (κ1) is 32.6. The molecule has 0 unspecified atom stereocenters. The summed E-state index contributed by atoms with van der Waals surface area (Å²) in [6.45, 7) is 3.53. The number of aryl methyl sites for hydroxylation is 1. The van der Waals surface area contributed by atoms with Gasteiger partial charge in [0.05, 0.1) is 0 Å². The second-order valence-corrected chi connectivity index (χ2v) is 11.7. The monoisotopic (exact) mass is 642 g/mol. The van der Waals surface area contributed by atoms with Crippen molar-refractivity contribution in [1.29, 1.82) is 0 Å². The Balaban J connectivity index is 1.50. The molecule has 0 atom stereocenters. The van der Waals surface area contributed by atoms with Crippen molar-refractivity contribution < 1.29 is 32.2 Å². The Hall–Kier alpha value is -4.82. The van der Waals surface area contributed by atoms with Crippen LogP contribution in [-0.2, 0) is 4.79 Å². The summed E-state index contributed by atoms with van der Waals surface area (Å²) in [6, 6.07) is 28.6. The van der Waals surface area contributed by atoms with Gasteiger partial charge in [0.1, 0.15) is 5.75 Å². The number of carboxylic acid groups (broad SMARTS) is 1. The summed E-state index contributed by atoms with van der Waals surface area (Å²) in [5.41, 5.74) is 7.43. The summed E-state index contributed by atoms with van der Waals surface area (Å²) >= 11 is 1.64. The molecule has 234 valence electrons. The normalized spacial score (nSPS) is 10.9. The van der Waals surface area contributed by atoms with Gasteiger partial charge in [-0.25, -0.2) is 22.4 Å². The first-order chi connectivity index (χ1) is 22.1. The van der Waals surface area contributed by atoms with E-state index in [2.05, 4.69) is 6.92 Å². The average Bonchev–Trinajstić information content (AvgIpc) is 3.05. The van der Waals surface area contributed by atoms with E-state index >= 15 is 0 Å². The minimum atomic E-state index is -1.04. The zero-order chi connectivity index (χ0) is 32.8. The lowest BCUT2D eigenvalue weighted by molar-refractivity contribution is -0.139. The predicted octanol–water partition coefficient (Wildman–Crippen LogP) is 10.4. The molecule has 0 bridgehead atoms. The van der Waals surface area contributed by atoms with Crippen LogP contribution in [0.25, 0.3) is 27.8 Å². The fourth-order valence-corrected chi connectivity index (χ4v) is 6.23. The Morgan fingerprint density at radius 1 is 0.674 bits per heavy atom. The molecule has 3 nitrogen and oxygen atoms in total. The quantitative estimate of drug-likeness (QED) is 0.115. The van der Waals surface area contributed by atoms with Crippen LogP contribution in [0.1, 0.15) is 30.0 Å². The molecule has 5 aromatic rings. The van der Waals surface area contributed by atoms with Gasteiger partial charge in [-0.2, -0.15) is 0 Å². The first-order valence-corrected chi connectivity index (χ1v) is 15.5. The molecule has 5 rings (SSSR count). The fourth-order valence-electron chi connectivity index (χ4n) is 5.12. The van der Waals surface area contributed by atoms with Crippen molar-refractivity contribution in [3.8, 4) is 28.0 Å². The Bertz CT molecular complexity index is 1800. The van der Waals surface area contributed by atoms with E-state index in [9.17, 15) is 22.4 Å². The lowest BCUT2D eigenvalue weighted by Gasteiger charge is -2.17. The van der Waals surface area contributed by atoms with Gasteiger partial charge in [0.25, 0.3) is 0 Å².